The van der Waals surface area contributed by atoms with Gasteiger partial charge in [0.1, 0.15) is 16.4 Å². The summed E-state index contributed by atoms with van der Waals surface area (Å²) < 4.78 is 1.29. The summed E-state index contributed by atoms with van der Waals surface area (Å²) in [5.74, 6) is 0.0509. The molecule has 8 heteroatoms. The molecular weight excluding hydrogens is 254 g/mol. The summed E-state index contributed by atoms with van der Waals surface area (Å²) in [6.45, 7) is 1.91. The van der Waals surface area contributed by atoms with E-state index in [0.29, 0.717) is 16.6 Å². The number of aromatic carboxylic acids is 1. The monoisotopic (exact) mass is 265 g/mol. The second-order valence-electron chi connectivity index (χ2n) is 3.28. The zero-order valence-electron chi connectivity index (χ0n) is 9.57. The first-order valence-electron chi connectivity index (χ1n) is 5.16. The molecule has 18 heavy (non-hydrogen) atoms. The van der Waals surface area contributed by atoms with Gasteiger partial charge in [0, 0.05) is 12.4 Å². The molecule has 0 unspecified atom stereocenters. The quantitative estimate of drug-likeness (QED) is 0.796. The van der Waals surface area contributed by atoms with Crippen LogP contribution in [0.4, 0.5) is 5.82 Å². The number of hydrogen-bond acceptors (Lipinski definition) is 6. The number of carboxylic acids is 1. The predicted molar refractivity (Wildman–Crippen MR) is 66.9 cm³/mol. The van der Waals surface area contributed by atoms with E-state index in [1.807, 2.05) is 6.92 Å². The first-order valence-corrected chi connectivity index (χ1v) is 6.14. The molecule has 0 radical (unpaired) electrons. The number of anilines is 1. The molecular formula is C10H11N5O2S. The fourth-order valence-electron chi connectivity index (χ4n) is 1.42. The Labute approximate surface area is 107 Å². The van der Waals surface area contributed by atoms with E-state index in [9.17, 15) is 4.79 Å². The van der Waals surface area contributed by atoms with Crippen LogP contribution in [-0.4, -0.2) is 36.6 Å². The minimum absolute atomic E-state index is 0.00695. The van der Waals surface area contributed by atoms with Crippen LogP contribution < -0.4 is 5.73 Å². The smallest absolute Gasteiger partial charge is 0.342 e. The third kappa shape index (κ3) is 2.14. The number of carbonyl (C=O) groups is 1. The normalized spacial score (nSPS) is 10.5. The van der Waals surface area contributed by atoms with Crippen LogP contribution in [0.25, 0.3) is 5.82 Å². The topological polar surface area (TPSA) is 107 Å². The van der Waals surface area contributed by atoms with Gasteiger partial charge in [-0.1, -0.05) is 6.92 Å². The molecule has 0 fully saturated rings. The molecule has 2 aromatic heterocycles. The van der Waals surface area contributed by atoms with Crippen molar-refractivity contribution in [2.24, 2.45) is 0 Å². The SMILES string of the molecule is CCSc1nn(-c2cnccn2)c(N)c1C(=O)O. The van der Waals surface area contributed by atoms with Gasteiger partial charge >= 0.3 is 5.97 Å². The summed E-state index contributed by atoms with van der Waals surface area (Å²) >= 11 is 1.32. The fourth-order valence-corrected chi connectivity index (χ4v) is 2.17. The number of hydrogen-bond donors (Lipinski definition) is 2. The Kier molecular flexibility index (Phi) is 3.47. The molecule has 0 bridgehead atoms. The molecule has 3 N–H and O–H groups in total. The van der Waals surface area contributed by atoms with Crippen LogP contribution in [0.1, 0.15) is 17.3 Å². The fraction of sp³-hybridized carbons (Fsp3) is 0.200. The summed E-state index contributed by atoms with van der Waals surface area (Å²) in [7, 11) is 0. The number of aromatic nitrogens is 4. The van der Waals surface area contributed by atoms with Gasteiger partial charge in [-0.25, -0.2) is 9.78 Å². The van der Waals surface area contributed by atoms with Crippen LogP contribution in [-0.2, 0) is 0 Å². The van der Waals surface area contributed by atoms with Crippen molar-refractivity contribution >= 4 is 23.5 Å². The third-order valence-electron chi connectivity index (χ3n) is 2.15. The number of rotatable bonds is 4. The minimum Gasteiger partial charge on any atom is -0.477 e. The largest absolute Gasteiger partial charge is 0.477 e. The average molecular weight is 265 g/mol. The Balaban J connectivity index is 2.57. The molecule has 2 rings (SSSR count). The lowest BCUT2D eigenvalue weighted by molar-refractivity contribution is 0.0694. The van der Waals surface area contributed by atoms with E-state index in [1.165, 1.54) is 35.0 Å². The Morgan fingerprint density at radius 3 is 2.89 bits per heavy atom. The maximum Gasteiger partial charge on any atom is 0.342 e. The highest BCUT2D eigenvalue weighted by Gasteiger charge is 2.22. The first kappa shape index (κ1) is 12.4. The zero-order chi connectivity index (χ0) is 13.1. The van der Waals surface area contributed by atoms with Crippen molar-refractivity contribution in [1.82, 2.24) is 19.7 Å². The molecule has 2 aromatic rings. The van der Waals surface area contributed by atoms with Gasteiger partial charge < -0.3 is 10.8 Å². The van der Waals surface area contributed by atoms with Crippen LogP contribution in [0.2, 0.25) is 0 Å². The van der Waals surface area contributed by atoms with Crippen LogP contribution >= 0.6 is 11.8 Å². The Hall–Kier alpha value is -2.09. The number of nitrogens with two attached hydrogens (primary N) is 1. The molecule has 2 heterocycles. The lowest BCUT2D eigenvalue weighted by Gasteiger charge is -2.00. The summed E-state index contributed by atoms with van der Waals surface area (Å²) in [6, 6.07) is 0. The highest BCUT2D eigenvalue weighted by Crippen LogP contribution is 2.27. The number of nitrogens with zero attached hydrogens (tertiary/aromatic N) is 4. The molecule has 94 valence electrons. The van der Waals surface area contributed by atoms with Crippen molar-refractivity contribution in [1.29, 1.82) is 0 Å². The maximum absolute atomic E-state index is 11.2. The molecule has 0 aliphatic rings. The Morgan fingerprint density at radius 2 is 2.33 bits per heavy atom. The minimum atomic E-state index is -1.10. The van der Waals surface area contributed by atoms with E-state index in [1.54, 1.807) is 0 Å². The van der Waals surface area contributed by atoms with E-state index in [-0.39, 0.29) is 11.4 Å². The van der Waals surface area contributed by atoms with Gasteiger partial charge in [-0.2, -0.15) is 9.78 Å². The highest BCUT2D eigenvalue weighted by atomic mass is 32.2. The summed E-state index contributed by atoms with van der Waals surface area (Å²) in [5.41, 5.74) is 5.81. The zero-order valence-corrected chi connectivity index (χ0v) is 10.4. The molecule has 0 aliphatic heterocycles. The predicted octanol–water partition coefficient (Wildman–Crippen LogP) is 1.05. The van der Waals surface area contributed by atoms with Crippen molar-refractivity contribution in [2.45, 2.75) is 11.9 Å². The highest BCUT2D eigenvalue weighted by molar-refractivity contribution is 7.99. The summed E-state index contributed by atoms with van der Waals surface area (Å²) in [4.78, 5) is 19.1. The lowest BCUT2D eigenvalue weighted by atomic mass is 10.3. The van der Waals surface area contributed by atoms with Gasteiger partial charge in [-0.15, -0.1) is 11.8 Å². The average Bonchev–Trinajstić information content (AvgIpc) is 2.68. The van der Waals surface area contributed by atoms with Gasteiger partial charge in [-0.05, 0) is 5.75 Å². The van der Waals surface area contributed by atoms with Crippen molar-refractivity contribution in [3.05, 3.63) is 24.2 Å². The third-order valence-corrected chi connectivity index (χ3v) is 3.00. The van der Waals surface area contributed by atoms with Crippen LogP contribution in [0.15, 0.2) is 23.6 Å². The standard InChI is InChI=1S/C10H11N5O2S/c1-2-18-9-7(10(16)17)8(11)15(14-9)6-5-12-3-4-13-6/h3-5H,2,11H2,1H3,(H,16,17). The second-order valence-corrected chi connectivity index (χ2v) is 4.53. The summed E-state index contributed by atoms with van der Waals surface area (Å²) in [5, 5.41) is 13.7. The number of carboxylic acid groups (broad SMARTS) is 1. The number of thioether (sulfide) groups is 1. The molecule has 0 atom stereocenters. The lowest BCUT2D eigenvalue weighted by Crippen LogP contribution is -2.07. The van der Waals surface area contributed by atoms with Gasteiger partial charge in [0.05, 0.1) is 6.20 Å². The van der Waals surface area contributed by atoms with Gasteiger partial charge in [0.2, 0.25) is 0 Å². The molecule has 0 aromatic carbocycles. The molecule has 0 saturated heterocycles. The van der Waals surface area contributed by atoms with Gasteiger partial charge in [0.25, 0.3) is 0 Å². The van der Waals surface area contributed by atoms with E-state index < -0.39 is 5.97 Å². The van der Waals surface area contributed by atoms with E-state index >= 15 is 0 Å². The molecule has 0 aliphatic carbocycles. The number of nitrogen functional groups attached to an aromatic ring is 1. The van der Waals surface area contributed by atoms with Crippen LogP contribution in [0, 0.1) is 0 Å². The van der Waals surface area contributed by atoms with Crippen LogP contribution in [0.5, 0.6) is 0 Å². The molecule has 7 nitrogen and oxygen atoms in total. The Morgan fingerprint density at radius 1 is 1.56 bits per heavy atom. The van der Waals surface area contributed by atoms with Crippen LogP contribution in [0.3, 0.4) is 0 Å². The molecule has 0 saturated carbocycles. The van der Waals surface area contributed by atoms with Crippen molar-refractivity contribution in [2.75, 3.05) is 11.5 Å². The van der Waals surface area contributed by atoms with E-state index in [0.717, 1.165) is 0 Å². The van der Waals surface area contributed by atoms with E-state index in [2.05, 4.69) is 15.1 Å². The van der Waals surface area contributed by atoms with Gasteiger partial charge in [-0.3, -0.25) is 4.98 Å². The second kappa shape index (κ2) is 5.05. The van der Waals surface area contributed by atoms with Crippen molar-refractivity contribution < 1.29 is 9.90 Å². The Bertz CT molecular complexity index is 569. The maximum atomic E-state index is 11.2. The molecule has 0 spiro atoms. The van der Waals surface area contributed by atoms with Gasteiger partial charge in [0.15, 0.2) is 5.82 Å². The summed E-state index contributed by atoms with van der Waals surface area (Å²) in [6.07, 6.45) is 4.47. The van der Waals surface area contributed by atoms with Crippen molar-refractivity contribution in [3.63, 3.8) is 0 Å². The molecule has 0 amide bonds. The van der Waals surface area contributed by atoms with E-state index in [4.69, 9.17) is 10.8 Å². The first-order chi connectivity index (χ1) is 8.65. The van der Waals surface area contributed by atoms with Crippen molar-refractivity contribution in [3.8, 4) is 5.82 Å².